The molecule has 0 amide bonds. The van der Waals surface area contributed by atoms with Gasteiger partial charge < -0.3 is 5.32 Å². The summed E-state index contributed by atoms with van der Waals surface area (Å²) in [5, 5.41) is 6.83. The Morgan fingerprint density at radius 2 is 2.13 bits per heavy atom. The summed E-state index contributed by atoms with van der Waals surface area (Å²) >= 11 is 16.4. The van der Waals surface area contributed by atoms with Crippen molar-refractivity contribution in [3.05, 3.63) is 38.2 Å². The van der Waals surface area contributed by atoms with Gasteiger partial charge in [-0.2, -0.15) is 0 Å². The molecule has 2 rings (SSSR count). The molecule has 15 heavy (non-hydrogen) atoms. The normalized spacial score (nSPS) is 10.3. The molecule has 1 aromatic heterocycles. The van der Waals surface area contributed by atoms with E-state index < -0.39 is 0 Å². The van der Waals surface area contributed by atoms with Crippen LogP contribution in [0.3, 0.4) is 0 Å². The summed E-state index contributed by atoms with van der Waals surface area (Å²) in [4.78, 5) is 4.08. The second kappa shape index (κ2) is 4.70. The minimum Gasteiger partial charge on any atom is -0.331 e. The Labute approximate surface area is 109 Å². The van der Waals surface area contributed by atoms with Crippen LogP contribution in [0.1, 0.15) is 0 Å². The van der Waals surface area contributed by atoms with Gasteiger partial charge in [-0.15, -0.1) is 11.3 Å². The Morgan fingerprint density at radius 1 is 1.33 bits per heavy atom. The highest BCUT2D eigenvalue weighted by atomic mass is 79.9. The molecule has 0 aliphatic carbocycles. The van der Waals surface area contributed by atoms with E-state index in [9.17, 15) is 0 Å². The van der Waals surface area contributed by atoms with Gasteiger partial charge in [0, 0.05) is 15.5 Å². The smallest absolute Gasteiger partial charge is 0.188 e. The third kappa shape index (κ3) is 2.84. The van der Waals surface area contributed by atoms with Crippen LogP contribution in [0, 0.1) is 0 Å². The van der Waals surface area contributed by atoms with Crippen LogP contribution in [-0.4, -0.2) is 4.98 Å². The molecule has 6 heteroatoms. The fraction of sp³-hybridized carbons (Fsp3) is 0. The van der Waals surface area contributed by atoms with E-state index in [1.807, 2.05) is 18.2 Å². The number of nitrogens with zero attached hydrogens (tertiary/aromatic N) is 1. The SMILES string of the molecule is Clc1csc(Nc2ccc(Cl)c(Br)c2)n1. The van der Waals surface area contributed by atoms with E-state index in [2.05, 4.69) is 26.2 Å². The number of hydrogen-bond donors (Lipinski definition) is 1. The Bertz CT molecular complexity index is 487. The summed E-state index contributed by atoms with van der Waals surface area (Å²) in [5.41, 5.74) is 0.914. The topological polar surface area (TPSA) is 24.9 Å². The van der Waals surface area contributed by atoms with Crippen molar-refractivity contribution in [2.75, 3.05) is 5.32 Å². The van der Waals surface area contributed by atoms with Crippen molar-refractivity contribution in [3.8, 4) is 0 Å². The average molecular weight is 324 g/mol. The van der Waals surface area contributed by atoms with Crippen molar-refractivity contribution in [1.29, 1.82) is 0 Å². The molecular weight excluding hydrogens is 319 g/mol. The lowest BCUT2D eigenvalue weighted by atomic mass is 10.3. The van der Waals surface area contributed by atoms with Gasteiger partial charge in [-0.3, -0.25) is 0 Å². The van der Waals surface area contributed by atoms with Crippen LogP contribution in [-0.2, 0) is 0 Å². The molecule has 0 bridgehead atoms. The molecule has 0 radical (unpaired) electrons. The third-order valence-corrected chi connectivity index (χ3v) is 3.94. The first kappa shape index (κ1) is 11.2. The molecule has 0 aliphatic heterocycles. The zero-order chi connectivity index (χ0) is 10.8. The van der Waals surface area contributed by atoms with E-state index in [0.29, 0.717) is 10.2 Å². The first-order chi connectivity index (χ1) is 7.15. The summed E-state index contributed by atoms with van der Waals surface area (Å²) in [6.45, 7) is 0. The third-order valence-electron chi connectivity index (χ3n) is 1.65. The van der Waals surface area contributed by atoms with Gasteiger partial charge in [-0.05, 0) is 34.1 Å². The maximum Gasteiger partial charge on any atom is 0.188 e. The van der Waals surface area contributed by atoms with Crippen molar-refractivity contribution in [3.63, 3.8) is 0 Å². The highest BCUT2D eigenvalue weighted by molar-refractivity contribution is 9.10. The van der Waals surface area contributed by atoms with Crippen molar-refractivity contribution >= 4 is 61.3 Å². The summed E-state index contributed by atoms with van der Waals surface area (Å²) in [5.74, 6) is 0. The van der Waals surface area contributed by atoms with Gasteiger partial charge in [0.1, 0.15) is 5.15 Å². The molecule has 2 nitrogen and oxygen atoms in total. The number of aromatic nitrogens is 1. The van der Waals surface area contributed by atoms with Crippen molar-refractivity contribution in [2.24, 2.45) is 0 Å². The quantitative estimate of drug-likeness (QED) is 0.845. The van der Waals surface area contributed by atoms with Gasteiger partial charge >= 0.3 is 0 Å². The largest absolute Gasteiger partial charge is 0.331 e. The van der Waals surface area contributed by atoms with Crippen molar-refractivity contribution in [2.45, 2.75) is 0 Å². The highest BCUT2D eigenvalue weighted by Crippen LogP contribution is 2.28. The van der Waals surface area contributed by atoms with Crippen LogP contribution in [0.15, 0.2) is 28.1 Å². The minimum atomic E-state index is 0.496. The lowest BCUT2D eigenvalue weighted by molar-refractivity contribution is 1.39. The molecule has 0 unspecified atom stereocenters. The van der Waals surface area contributed by atoms with Crippen LogP contribution >= 0.6 is 50.5 Å². The number of halogens is 3. The monoisotopic (exact) mass is 322 g/mol. The van der Waals surface area contributed by atoms with Gasteiger partial charge in [0.05, 0.1) is 5.02 Å². The fourth-order valence-corrected chi connectivity index (χ4v) is 2.36. The minimum absolute atomic E-state index is 0.496. The van der Waals surface area contributed by atoms with Crippen molar-refractivity contribution < 1.29 is 0 Å². The molecule has 2 aromatic rings. The van der Waals surface area contributed by atoms with Crippen LogP contribution < -0.4 is 5.32 Å². The number of hydrogen-bond acceptors (Lipinski definition) is 3. The second-order valence-electron chi connectivity index (χ2n) is 2.73. The van der Waals surface area contributed by atoms with Crippen LogP contribution in [0.5, 0.6) is 0 Å². The van der Waals surface area contributed by atoms with E-state index in [4.69, 9.17) is 23.2 Å². The van der Waals surface area contributed by atoms with Crippen LogP contribution in [0.4, 0.5) is 10.8 Å². The summed E-state index contributed by atoms with van der Waals surface area (Å²) in [6.07, 6.45) is 0. The van der Waals surface area contributed by atoms with Gasteiger partial charge in [0.15, 0.2) is 5.13 Å². The zero-order valence-corrected chi connectivity index (χ0v) is 11.2. The lowest BCUT2D eigenvalue weighted by Gasteiger charge is -2.03. The zero-order valence-electron chi connectivity index (χ0n) is 7.30. The summed E-state index contributed by atoms with van der Waals surface area (Å²) in [6, 6.07) is 5.57. The predicted octanol–water partition coefficient (Wildman–Crippen LogP) is 4.96. The number of thiazole rings is 1. The van der Waals surface area contributed by atoms with Crippen LogP contribution in [0.25, 0.3) is 0 Å². The molecule has 0 saturated carbocycles. The highest BCUT2D eigenvalue weighted by Gasteiger charge is 2.02. The average Bonchev–Trinajstić information content (AvgIpc) is 2.58. The van der Waals surface area contributed by atoms with E-state index in [1.165, 1.54) is 11.3 Å². The standard InChI is InChI=1S/C9H5BrCl2N2S/c10-6-3-5(1-2-7(6)11)13-9-14-8(12)4-15-9/h1-4H,(H,13,14). The Balaban J connectivity index is 2.21. The van der Waals surface area contributed by atoms with E-state index in [-0.39, 0.29) is 0 Å². The Morgan fingerprint density at radius 3 is 2.73 bits per heavy atom. The first-order valence-corrected chi connectivity index (χ1v) is 6.41. The number of rotatable bonds is 2. The van der Waals surface area contributed by atoms with Gasteiger partial charge in [-0.25, -0.2) is 4.98 Å². The Hall–Kier alpha value is -0.290. The Kier molecular flexibility index (Phi) is 3.51. The maximum atomic E-state index is 5.88. The summed E-state index contributed by atoms with van der Waals surface area (Å²) in [7, 11) is 0. The maximum absolute atomic E-state index is 5.88. The lowest BCUT2D eigenvalue weighted by Crippen LogP contribution is -1.88. The molecule has 0 saturated heterocycles. The number of anilines is 2. The van der Waals surface area contributed by atoms with Gasteiger partial charge in [0.25, 0.3) is 0 Å². The fourth-order valence-electron chi connectivity index (χ4n) is 1.01. The first-order valence-electron chi connectivity index (χ1n) is 3.98. The molecule has 1 heterocycles. The predicted molar refractivity (Wildman–Crippen MR) is 69.6 cm³/mol. The van der Waals surface area contributed by atoms with Gasteiger partial charge in [0.2, 0.25) is 0 Å². The van der Waals surface area contributed by atoms with E-state index in [0.717, 1.165) is 15.3 Å². The number of benzene rings is 1. The van der Waals surface area contributed by atoms with Crippen LogP contribution in [0.2, 0.25) is 10.2 Å². The molecule has 0 atom stereocenters. The molecule has 0 aliphatic rings. The molecule has 78 valence electrons. The van der Waals surface area contributed by atoms with E-state index in [1.54, 1.807) is 5.38 Å². The molecule has 0 fully saturated rings. The second-order valence-corrected chi connectivity index (χ2v) is 5.24. The molecule has 1 N–H and O–H groups in total. The molecular formula is C9H5BrCl2N2S. The van der Waals surface area contributed by atoms with E-state index >= 15 is 0 Å². The van der Waals surface area contributed by atoms with Gasteiger partial charge in [-0.1, -0.05) is 23.2 Å². The van der Waals surface area contributed by atoms with Crippen molar-refractivity contribution in [1.82, 2.24) is 4.98 Å². The number of nitrogens with one attached hydrogen (secondary N) is 1. The summed E-state index contributed by atoms with van der Waals surface area (Å²) < 4.78 is 0.844. The molecule has 0 spiro atoms. The molecule has 1 aromatic carbocycles.